The van der Waals surface area contributed by atoms with E-state index in [1.54, 1.807) is 0 Å². The zero-order valence-electron chi connectivity index (χ0n) is 19.7. The lowest BCUT2D eigenvalue weighted by Crippen LogP contribution is -2.40. The van der Waals surface area contributed by atoms with Crippen molar-refractivity contribution in [3.05, 3.63) is 46.8 Å². The highest BCUT2D eigenvalue weighted by molar-refractivity contribution is 5.29. The number of nitrogens with one attached hydrogen (secondary N) is 1. The molecular weight excluding hydrogens is 388 g/mol. The van der Waals surface area contributed by atoms with Crippen molar-refractivity contribution in [2.75, 3.05) is 20.2 Å². The Hall–Kier alpha value is -1.89. The summed E-state index contributed by atoms with van der Waals surface area (Å²) in [6.07, 6.45) is 5.98. The molecule has 2 N–H and O–H groups in total. The van der Waals surface area contributed by atoms with Gasteiger partial charge in [-0.2, -0.15) is 5.10 Å². The number of aliphatic hydroxyl groups excluding tert-OH is 1. The van der Waals surface area contributed by atoms with Crippen LogP contribution in [-0.4, -0.2) is 52.1 Å². The minimum absolute atomic E-state index is 0.322. The maximum Gasteiger partial charge on any atom is 0.119 e. The maximum atomic E-state index is 10.4. The zero-order valence-corrected chi connectivity index (χ0v) is 19.7. The van der Waals surface area contributed by atoms with Crippen LogP contribution < -0.4 is 10.1 Å². The topological polar surface area (TPSA) is 62.6 Å². The van der Waals surface area contributed by atoms with Crippen molar-refractivity contribution in [1.82, 2.24) is 20.0 Å². The van der Waals surface area contributed by atoms with Crippen LogP contribution in [0.15, 0.2) is 24.3 Å². The molecule has 1 aliphatic rings. The fraction of sp³-hybridized carbons (Fsp3) is 0.640. The molecule has 1 aromatic heterocycles. The van der Waals surface area contributed by atoms with Gasteiger partial charge in [-0.25, -0.2) is 0 Å². The van der Waals surface area contributed by atoms with E-state index >= 15 is 0 Å². The van der Waals surface area contributed by atoms with Crippen molar-refractivity contribution in [2.45, 2.75) is 84.7 Å². The number of nitrogens with zero attached hydrogens (tertiary/aromatic N) is 3. The van der Waals surface area contributed by atoms with Crippen molar-refractivity contribution in [2.24, 2.45) is 0 Å². The monoisotopic (exact) mass is 428 g/mol. The number of aryl methyl sites for hydroxylation is 2. The number of ether oxygens (including phenoxy) is 1. The molecule has 1 atom stereocenters. The highest BCUT2D eigenvalue weighted by Gasteiger charge is 2.20. The van der Waals surface area contributed by atoms with E-state index in [0.717, 1.165) is 31.1 Å². The third-order valence-corrected chi connectivity index (χ3v) is 6.50. The normalized spacial score (nSPS) is 16.1. The van der Waals surface area contributed by atoms with E-state index in [2.05, 4.69) is 59.9 Å². The number of benzene rings is 1. The van der Waals surface area contributed by atoms with Gasteiger partial charge < -0.3 is 20.1 Å². The summed E-state index contributed by atoms with van der Waals surface area (Å²) >= 11 is 0. The second-order valence-electron chi connectivity index (χ2n) is 8.91. The van der Waals surface area contributed by atoms with Crippen molar-refractivity contribution in [3.63, 3.8) is 0 Å². The quantitative estimate of drug-likeness (QED) is 0.570. The first-order chi connectivity index (χ1) is 15.0. The number of hydrogen-bond acceptors (Lipinski definition) is 5. The summed E-state index contributed by atoms with van der Waals surface area (Å²) in [5.74, 6) is 0.810. The Labute approximate surface area is 187 Å². The van der Waals surface area contributed by atoms with Gasteiger partial charge in [-0.1, -0.05) is 31.4 Å². The van der Waals surface area contributed by atoms with Gasteiger partial charge >= 0.3 is 0 Å². The fourth-order valence-corrected chi connectivity index (χ4v) is 4.62. The van der Waals surface area contributed by atoms with Crippen LogP contribution in [0.4, 0.5) is 0 Å². The third-order valence-electron chi connectivity index (χ3n) is 6.50. The van der Waals surface area contributed by atoms with Gasteiger partial charge in [0.2, 0.25) is 0 Å². The van der Waals surface area contributed by atoms with E-state index in [0.29, 0.717) is 19.2 Å². The summed E-state index contributed by atoms with van der Waals surface area (Å²) in [6.45, 7) is 9.77. The standard InChI is InChI=1S/C25H40N4O2/c1-5-29-20(3)25(19(2)27-29)16-26-15-21-10-9-13-24(14-21)31-18-23(30)17-28(4)22-11-7-6-8-12-22/h9-10,13-14,22-23,26,30H,5-8,11-12,15-18H2,1-4H3/t23-/m1/s1. The third kappa shape index (κ3) is 6.79. The van der Waals surface area contributed by atoms with Crippen LogP contribution in [0.2, 0.25) is 0 Å². The highest BCUT2D eigenvalue weighted by atomic mass is 16.5. The summed E-state index contributed by atoms with van der Waals surface area (Å²) in [6, 6.07) is 8.73. The van der Waals surface area contributed by atoms with E-state index in [1.807, 2.05) is 12.1 Å². The molecule has 1 heterocycles. The average molecular weight is 429 g/mol. The molecule has 3 rings (SSSR count). The van der Waals surface area contributed by atoms with Crippen LogP contribution >= 0.6 is 0 Å². The van der Waals surface area contributed by atoms with Crippen LogP contribution in [-0.2, 0) is 19.6 Å². The van der Waals surface area contributed by atoms with Gasteiger partial charge in [0, 0.05) is 43.5 Å². The molecule has 0 unspecified atom stereocenters. The molecule has 1 aliphatic carbocycles. The lowest BCUT2D eigenvalue weighted by molar-refractivity contribution is 0.0561. The molecule has 172 valence electrons. The van der Waals surface area contributed by atoms with Gasteiger partial charge in [0.25, 0.3) is 0 Å². The highest BCUT2D eigenvalue weighted by Crippen LogP contribution is 2.22. The summed E-state index contributed by atoms with van der Waals surface area (Å²) in [5.41, 5.74) is 4.77. The minimum Gasteiger partial charge on any atom is -0.491 e. The molecule has 1 saturated carbocycles. The number of aliphatic hydroxyl groups is 1. The molecule has 1 aromatic carbocycles. The van der Waals surface area contributed by atoms with E-state index in [-0.39, 0.29) is 0 Å². The summed E-state index contributed by atoms with van der Waals surface area (Å²) in [7, 11) is 2.12. The van der Waals surface area contributed by atoms with Crippen LogP contribution in [0.25, 0.3) is 0 Å². The summed E-state index contributed by atoms with van der Waals surface area (Å²) < 4.78 is 7.95. The predicted molar refractivity (Wildman–Crippen MR) is 125 cm³/mol. The first-order valence-electron chi connectivity index (χ1n) is 11.8. The minimum atomic E-state index is -0.477. The Morgan fingerprint density at radius 3 is 2.71 bits per heavy atom. The molecule has 2 aromatic rings. The predicted octanol–water partition coefficient (Wildman–Crippen LogP) is 3.81. The molecule has 0 spiro atoms. The van der Waals surface area contributed by atoms with Crippen molar-refractivity contribution < 1.29 is 9.84 Å². The molecule has 6 heteroatoms. The van der Waals surface area contributed by atoms with Crippen LogP contribution in [0.1, 0.15) is 61.5 Å². The largest absolute Gasteiger partial charge is 0.491 e. The van der Waals surface area contributed by atoms with E-state index in [9.17, 15) is 5.11 Å². The second kappa shape index (κ2) is 11.7. The lowest BCUT2D eigenvalue weighted by atomic mass is 9.94. The first-order valence-corrected chi connectivity index (χ1v) is 11.8. The zero-order chi connectivity index (χ0) is 22.2. The van der Waals surface area contributed by atoms with Crippen LogP contribution in [0, 0.1) is 13.8 Å². The summed E-state index contributed by atoms with van der Waals surface area (Å²) in [5, 5.41) is 18.6. The SMILES string of the molecule is CCn1nc(C)c(CNCc2cccc(OC[C@H](O)CN(C)C3CCCCC3)c2)c1C. The molecule has 31 heavy (non-hydrogen) atoms. The number of likely N-dealkylation sites (N-methyl/N-ethyl adjacent to an activating group) is 1. The van der Waals surface area contributed by atoms with Crippen LogP contribution in [0.5, 0.6) is 5.75 Å². The molecule has 1 fully saturated rings. The lowest BCUT2D eigenvalue weighted by Gasteiger charge is -2.32. The Balaban J connectivity index is 1.44. The van der Waals surface area contributed by atoms with Gasteiger partial charge in [-0.3, -0.25) is 4.68 Å². The second-order valence-corrected chi connectivity index (χ2v) is 8.91. The van der Waals surface area contributed by atoms with Crippen molar-refractivity contribution in [1.29, 1.82) is 0 Å². The Morgan fingerprint density at radius 1 is 1.23 bits per heavy atom. The van der Waals surface area contributed by atoms with Gasteiger partial charge in [-0.05, 0) is 58.4 Å². The molecule has 0 amide bonds. The number of aromatic nitrogens is 2. The maximum absolute atomic E-state index is 10.4. The van der Waals surface area contributed by atoms with Crippen LogP contribution in [0.3, 0.4) is 0 Å². The van der Waals surface area contributed by atoms with Crippen molar-refractivity contribution in [3.8, 4) is 5.75 Å². The molecule has 0 aliphatic heterocycles. The number of rotatable bonds is 11. The molecule has 0 bridgehead atoms. The Morgan fingerprint density at radius 2 is 2.00 bits per heavy atom. The van der Waals surface area contributed by atoms with Crippen molar-refractivity contribution >= 4 is 0 Å². The van der Waals surface area contributed by atoms with Gasteiger partial charge in [0.05, 0.1) is 5.69 Å². The molecule has 6 nitrogen and oxygen atoms in total. The summed E-state index contributed by atoms with van der Waals surface area (Å²) in [4.78, 5) is 2.30. The molecule has 0 radical (unpaired) electrons. The van der Waals surface area contributed by atoms with Gasteiger partial charge in [-0.15, -0.1) is 0 Å². The van der Waals surface area contributed by atoms with Gasteiger partial charge in [0.1, 0.15) is 18.5 Å². The molecular formula is C25H40N4O2. The Kier molecular flexibility index (Phi) is 8.93. The fourth-order valence-electron chi connectivity index (χ4n) is 4.62. The van der Waals surface area contributed by atoms with E-state index < -0.39 is 6.10 Å². The smallest absolute Gasteiger partial charge is 0.119 e. The first kappa shape index (κ1) is 23.8. The molecule has 0 saturated heterocycles. The van der Waals surface area contributed by atoms with E-state index in [1.165, 1.54) is 48.9 Å². The van der Waals surface area contributed by atoms with E-state index in [4.69, 9.17) is 4.74 Å². The number of hydrogen-bond donors (Lipinski definition) is 2. The Bertz CT molecular complexity index is 814. The average Bonchev–Trinajstić information content (AvgIpc) is 3.06. The van der Waals surface area contributed by atoms with Gasteiger partial charge in [0.15, 0.2) is 0 Å².